The van der Waals surface area contributed by atoms with E-state index in [1.807, 2.05) is 19.1 Å². The zero-order chi connectivity index (χ0) is 26.1. The summed E-state index contributed by atoms with van der Waals surface area (Å²) in [6, 6.07) is 5.99. The summed E-state index contributed by atoms with van der Waals surface area (Å²) < 4.78 is 6.46. The molecule has 1 saturated heterocycles. The molecular weight excluding hydrogens is 450 g/mol. The van der Waals surface area contributed by atoms with Crippen molar-refractivity contribution in [1.82, 2.24) is 9.97 Å². The molecule has 6 nitrogen and oxygen atoms in total. The van der Waals surface area contributed by atoms with Crippen LogP contribution in [0.3, 0.4) is 0 Å². The summed E-state index contributed by atoms with van der Waals surface area (Å²) in [5, 5.41) is 15.5. The Morgan fingerprint density at radius 3 is 2.36 bits per heavy atom. The fourth-order valence-corrected chi connectivity index (χ4v) is 6.29. The Kier molecular flexibility index (Phi) is 5.66. The average Bonchev–Trinajstić information content (AvgIpc) is 3.40. The van der Waals surface area contributed by atoms with Crippen LogP contribution in [0.25, 0.3) is 5.57 Å². The van der Waals surface area contributed by atoms with Gasteiger partial charge in [-0.25, -0.2) is 4.98 Å². The largest absolute Gasteiger partial charge is 0.384 e. The molecule has 1 unspecified atom stereocenters. The van der Waals surface area contributed by atoms with E-state index in [1.165, 1.54) is 5.57 Å². The highest BCUT2D eigenvalue weighted by Crippen LogP contribution is 2.58. The highest BCUT2D eigenvalue weighted by Gasteiger charge is 2.63. The Hall–Kier alpha value is -2.70. The van der Waals surface area contributed by atoms with Crippen molar-refractivity contribution >= 4 is 17.2 Å². The average molecular weight is 490 g/mol. The lowest BCUT2D eigenvalue weighted by Gasteiger charge is -2.55. The second kappa shape index (κ2) is 8.15. The molecular formula is C30H39N3O3. The lowest BCUT2D eigenvalue weighted by atomic mass is 9.62. The molecule has 2 aliphatic heterocycles. The molecule has 36 heavy (non-hydrogen) atoms. The molecule has 3 N–H and O–H groups in total. The molecule has 3 aliphatic rings. The van der Waals surface area contributed by atoms with Gasteiger partial charge < -0.3 is 20.1 Å². The zero-order valence-electron chi connectivity index (χ0n) is 22.5. The van der Waals surface area contributed by atoms with Gasteiger partial charge in [0.2, 0.25) is 0 Å². The summed E-state index contributed by atoms with van der Waals surface area (Å²) in [6.07, 6.45) is 11.2. The molecule has 3 heterocycles. The summed E-state index contributed by atoms with van der Waals surface area (Å²) in [5.41, 5.74) is 2.59. The number of imidazole rings is 1. The van der Waals surface area contributed by atoms with Gasteiger partial charge in [-0.15, -0.1) is 0 Å². The number of benzene rings is 1. The highest BCUT2D eigenvalue weighted by atomic mass is 16.5. The van der Waals surface area contributed by atoms with Crippen molar-refractivity contribution in [1.29, 1.82) is 0 Å². The molecule has 1 amide bonds. The lowest BCUT2D eigenvalue weighted by molar-refractivity contribution is -0.257. The Balaban J connectivity index is 1.59. The quantitative estimate of drug-likeness (QED) is 0.450. The summed E-state index contributed by atoms with van der Waals surface area (Å²) >= 11 is 0. The Bertz CT molecular complexity index is 1250. The first kappa shape index (κ1) is 25.0. The standard InChI is InChI=1S/C30H39N3O3/c1-18-17-31-25(32-18)26(34)33-24-9-8-22(16-23(24)21-10-12-27(4,5)13-11-21)30(35)19(2)28(6)14-15-29(7,36-28)20(30)3/h8-10,14-17,19-20,35H,11-13H2,1-7H3,(H,31,32)(H,33,34)/t19-,20+,28+,29?,30-/m0/s1. The third-order valence-electron chi connectivity index (χ3n) is 9.19. The number of fused-ring (bicyclic) bond motifs is 2. The number of nitrogens with zero attached hydrogens (tertiary/aromatic N) is 1. The number of amides is 1. The van der Waals surface area contributed by atoms with Gasteiger partial charge in [0, 0.05) is 29.3 Å². The van der Waals surface area contributed by atoms with Gasteiger partial charge in [0.1, 0.15) is 5.60 Å². The van der Waals surface area contributed by atoms with E-state index in [1.54, 1.807) is 6.20 Å². The van der Waals surface area contributed by atoms with E-state index in [4.69, 9.17) is 4.74 Å². The van der Waals surface area contributed by atoms with Gasteiger partial charge >= 0.3 is 0 Å². The maximum atomic E-state index is 13.0. The SMILES string of the molecule is Cc1c[nH]c(C(=O)Nc2ccc([C@@]3(O)[C@H](C)C4(C)C=C[C@@](C)(O4)[C@@H]3C)cc2C2=CCC(C)(C)CC2)n1. The molecule has 0 saturated carbocycles. The van der Waals surface area contributed by atoms with Crippen molar-refractivity contribution in [3.8, 4) is 0 Å². The molecule has 1 aliphatic carbocycles. The third kappa shape index (κ3) is 3.86. The fourth-order valence-electron chi connectivity index (χ4n) is 6.29. The number of anilines is 1. The van der Waals surface area contributed by atoms with Crippen LogP contribution >= 0.6 is 0 Å². The topological polar surface area (TPSA) is 87.2 Å². The number of carbonyl (C=O) groups is 1. The molecule has 0 radical (unpaired) electrons. The minimum absolute atomic E-state index is 0.162. The van der Waals surface area contributed by atoms with Crippen LogP contribution in [-0.2, 0) is 10.3 Å². The number of hydrogen-bond donors (Lipinski definition) is 3. The van der Waals surface area contributed by atoms with E-state index in [0.29, 0.717) is 0 Å². The predicted molar refractivity (Wildman–Crippen MR) is 143 cm³/mol. The number of aryl methyl sites for hydroxylation is 1. The number of aromatic amines is 1. The summed E-state index contributed by atoms with van der Waals surface area (Å²) in [4.78, 5) is 20.2. The maximum absolute atomic E-state index is 13.0. The van der Waals surface area contributed by atoms with Crippen molar-refractivity contribution in [2.24, 2.45) is 17.3 Å². The predicted octanol–water partition coefficient (Wildman–Crippen LogP) is 6.14. The monoisotopic (exact) mass is 489 g/mol. The lowest BCUT2D eigenvalue weighted by Crippen LogP contribution is -2.61. The third-order valence-corrected chi connectivity index (χ3v) is 9.19. The number of hydrogen-bond acceptors (Lipinski definition) is 4. The first-order chi connectivity index (χ1) is 16.8. The van der Waals surface area contributed by atoms with E-state index in [0.717, 1.165) is 41.8 Å². The normalized spacial score (nSPS) is 34.9. The van der Waals surface area contributed by atoms with Gasteiger partial charge in [0.25, 0.3) is 5.91 Å². The van der Waals surface area contributed by atoms with Crippen molar-refractivity contribution < 1.29 is 14.6 Å². The number of ether oxygens (including phenoxy) is 1. The van der Waals surface area contributed by atoms with E-state index in [2.05, 4.69) is 81.1 Å². The molecule has 2 bridgehead atoms. The molecule has 2 aromatic rings. The summed E-state index contributed by atoms with van der Waals surface area (Å²) in [7, 11) is 0. The first-order valence-electron chi connectivity index (χ1n) is 13.1. The zero-order valence-corrected chi connectivity index (χ0v) is 22.5. The second-order valence-corrected chi connectivity index (χ2v) is 12.3. The number of nitrogens with one attached hydrogen (secondary N) is 2. The maximum Gasteiger partial charge on any atom is 0.291 e. The molecule has 192 valence electrons. The van der Waals surface area contributed by atoms with Crippen LogP contribution in [-0.4, -0.2) is 32.2 Å². The molecule has 1 aromatic heterocycles. The van der Waals surface area contributed by atoms with Gasteiger partial charge in [-0.05, 0) is 68.7 Å². The highest BCUT2D eigenvalue weighted by molar-refractivity contribution is 6.03. The number of aromatic nitrogens is 2. The van der Waals surface area contributed by atoms with Crippen molar-refractivity contribution in [3.63, 3.8) is 0 Å². The minimum Gasteiger partial charge on any atom is -0.384 e. The van der Waals surface area contributed by atoms with E-state index >= 15 is 0 Å². The van der Waals surface area contributed by atoms with E-state index in [9.17, 15) is 9.90 Å². The molecule has 0 spiro atoms. The van der Waals surface area contributed by atoms with Gasteiger partial charge in [0.05, 0.1) is 16.9 Å². The van der Waals surface area contributed by atoms with Gasteiger partial charge in [-0.3, -0.25) is 4.79 Å². The van der Waals surface area contributed by atoms with Crippen LogP contribution < -0.4 is 5.32 Å². The van der Waals surface area contributed by atoms with Gasteiger partial charge in [-0.2, -0.15) is 0 Å². The van der Waals surface area contributed by atoms with Crippen LogP contribution in [0, 0.1) is 24.2 Å². The summed E-state index contributed by atoms with van der Waals surface area (Å²) in [6.45, 7) is 14.7. The molecule has 1 aromatic carbocycles. The van der Waals surface area contributed by atoms with Crippen molar-refractivity contribution in [3.05, 3.63) is 65.3 Å². The number of carbonyl (C=O) groups excluding carboxylic acids is 1. The molecule has 5 rings (SSSR count). The van der Waals surface area contributed by atoms with Crippen molar-refractivity contribution in [2.75, 3.05) is 5.32 Å². The summed E-state index contributed by atoms with van der Waals surface area (Å²) in [5.74, 6) is -0.311. The number of rotatable bonds is 4. The van der Waals surface area contributed by atoms with Crippen LogP contribution in [0.1, 0.15) is 88.2 Å². The van der Waals surface area contributed by atoms with Gasteiger partial charge in [-0.1, -0.05) is 52.0 Å². The Morgan fingerprint density at radius 2 is 1.81 bits per heavy atom. The second-order valence-electron chi connectivity index (χ2n) is 12.3. The van der Waals surface area contributed by atoms with E-state index in [-0.39, 0.29) is 29.0 Å². The Morgan fingerprint density at radius 1 is 1.14 bits per heavy atom. The van der Waals surface area contributed by atoms with Gasteiger partial charge in [0.15, 0.2) is 5.82 Å². The molecule has 1 fully saturated rings. The number of H-pyrrole nitrogens is 1. The van der Waals surface area contributed by atoms with E-state index < -0.39 is 16.8 Å². The minimum atomic E-state index is -1.10. The Labute approximate surface area is 214 Å². The van der Waals surface area contributed by atoms with Crippen LogP contribution in [0.5, 0.6) is 0 Å². The van der Waals surface area contributed by atoms with Crippen LogP contribution in [0.2, 0.25) is 0 Å². The number of allylic oxidation sites excluding steroid dienone is 2. The first-order valence-corrected chi connectivity index (χ1v) is 13.1. The molecule has 5 atom stereocenters. The van der Waals surface area contributed by atoms with Crippen LogP contribution in [0.4, 0.5) is 5.69 Å². The smallest absolute Gasteiger partial charge is 0.291 e. The fraction of sp³-hybridized carbons (Fsp3) is 0.533. The van der Waals surface area contributed by atoms with Crippen LogP contribution in [0.15, 0.2) is 42.6 Å². The number of aliphatic hydroxyl groups is 1. The molecule has 6 heteroatoms. The van der Waals surface area contributed by atoms with Crippen molar-refractivity contribution in [2.45, 2.75) is 84.5 Å².